The van der Waals surface area contributed by atoms with Gasteiger partial charge in [-0.3, -0.25) is 43.2 Å². The van der Waals surface area contributed by atoms with Crippen LogP contribution in [-0.2, 0) is 57.4 Å². The molecular formula is C67H120N4O16S. The largest absolute Gasteiger partial charge is 0.481 e. The van der Waals surface area contributed by atoms with Crippen molar-refractivity contribution >= 4 is 71.2 Å². The predicted molar refractivity (Wildman–Crippen MR) is 346 cm³/mol. The molecule has 0 saturated carbocycles. The summed E-state index contributed by atoms with van der Waals surface area (Å²) in [5, 5.41) is 47.8. The van der Waals surface area contributed by atoms with Gasteiger partial charge in [0.15, 0.2) is 5.66 Å². The van der Waals surface area contributed by atoms with Crippen molar-refractivity contribution in [2.75, 3.05) is 18.1 Å². The van der Waals surface area contributed by atoms with Gasteiger partial charge in [-0.2, -0.15) is 11.8 Å². The molecule has 0 rings (SSSR count). The molecule has 0 aromatic heterocycles. The van der Waals surface area contributed by atoms with Crippen molar-refractivity contribution in [1.82, 2.24) is 21.3 Å². The molecule has 0 bridgehead atoms. The quantitative estimate of drug-likeness (QED) is 0.0159. The fourth-order valence-corrected chi connectivity index (χ4v) is 11.3. The maximum atomic E-state index is 14.6. The molecule has 0 aliphatic carbocycles. The third kappa shape index (κ3) is 49.9. The van der Waals surface area contributed by atoms with Gasteiger partial charge in [0.2, 0.25) is 17.7 Å². The standard InChI is InChI=1S/C67H120N4O16S/c1-4-7-10-13-16-19-22-24-27-30-33-36-39-42-62(80)86-52-54(87-63(81)43-40-37-34-31-28-25-23-20-17-14-11-8-5-2)53-88-51-49-58(73)71-67(50-48-61(78)79,70-57(72)41-38-35-32-29-26-21-18-15-12-9-6-3)66(85)69-55(44-46-59(74)75)64(82)68-56(65(83)84)45-47-60(76)77/h54-56H,4-53H2,1-3H3,(H,68,82)(H,69,85)(H,70,72)(H,71,73)(H,74,75)(H,76,77)(H,78,79)(H,83,84)/t54-,55?,56?,67-/m1/s1. The van der Waals surface area contributed by atoms with Crippen LogP contribution in [0.5, 0.6) is 0 Å². The molecule has 0 aliphatic heterocycles. The van der Waals surface area contributed by atoms with E-state index in [-0.39, 0.29) is 43.8 Å². The molecule has 8 N–H and O–H groups in total. The Bertz CT molecular complexity index is 1910. The van der Waals surface area contributed by atoms with E-state index in [2.05, 4.69) is 42.0 Å². The van der Waals surface area contributed by atoms with E-state index in [4.69, 9.17) is 14.6 Å². The number of thioether (sulfide) groups is 1. The van der Waals surface area contributed by atoms with Gasteiger partial charge in [0, 0.05) is 62.9 Å². The van der Waals surface area contributed by atoms with Gasteiger partial charge in [-0.05, 0) is 32.1 Å². The first-order valence-electron chi connectivity index (χ1n) is 34.4. The fraction of sp³-hybridized carbons (Fsp3) is 0.851. The second kappa shape index (κ2) is 57.2. The topological polar surface area (TPSA) is 318 Å². The molecule has 2 unspecified atom stereocenters. The number of ether oxygens (including phenoxy) is 2. The van der Waals surface area contributed by atoms with Gasteiger partial charge in [0.1, 0.15) is 24.8 Å². The van der Waals surface area contributed by atoms with E-state index in [0.29, 0.717) is 25.7 Å². The third-order valence-corrected chi connectivity index (χ3v) is 16.9. The van der Waals surface area contributed by atoms with Crippen molar-refractivity contribution < 1.29 is 77.8 Å². The highest BCUT2D eigenvalue weighted by molar-refractivity contribution is 7.99. The zero-order valence-corrected chi connectivity index (χ0v) is 55.5. The lowest BCUT2D eigenvalue weighted by molar-refractivity contribution is -0.157. The normalized spacial score (nSPS) is 12.9. The summed E-state index contributed by atoms with van der Waals surface area (Å²) in [5.74, 6) is -10.5. The highest BCUT2D eigenvalue weighted by Gasteiger charge is 2.43. The van der Waals surface area contributed by atoms with Crippen LogP contribution in [0.3, 0.4) is 0 Å². The predicted octanol–water partition coefficient (Wildman–Crippen LogP) is 13.8. The number of nitrogens with one attached hydrogen (secondary N) is 4. The van der Waals surface area contributed by atoms with Gasteiger partial charge in [0.25, 0.3) is 5.91 Å². The van der Waals surface area contributed by atoms with Crippen molar-refractivity contribution in [1.29, 1.82) is 0 Å². The average Bonchev–Trinajstić information content (AvgIpc) is 2.99. The summed E-state index contributed by atoms with van der Waals surface area (Å²) in [6, 6.07) is -3.58. The van der Waals surface area contributed by atoms with Crippen LogP contribution in [0.25, 0.3) is 0 Å². The molecule has 510 valence electrons. The van der Waals surface area contributed by atoms with Crippen molar-refractivity contribution in [3.05, 3.63) is 0 Å². The molecule has 0 fully saturated rings. The summed E-state index contributed by atoms with van der Waals surface area (Å²) < 4.78 is 11.5. The Morgan fingerprint density at radius 2 is 0.750 bits per heavy atom. The maximum Gasteiger partial charge on any atom is 0.326 e. The van der Waals surface area contributed by atoms with Crippen molar-refractivity contribution in [2.24, 2.45) is 0 Å². The Morgan fingerprint density at radius 3 is 1.14 bits per heavy atom. The van der Waals surface area contributed by atoms with Gasteiger partial charge in [-0.1, -0.05) is 239 Å². The first kappa shape index (κ1) is 83.1. The number of amides is 4. The maximum absolute atomic E-state index is 14.6. The van der Waals surface area contributed by atoms with Crippen LogP contribution < -0.4 is 21.3 Å². The minimum atomic E-state index is -2.53. The van der Waals surface area contributed by atoms with Gasteiger partial charge in [-0.15, -0.1) is 0 Å². The number of carboxylic acids is 4. The highest BCUT2D eigenvalue weighted by Crippen LogP contribution is 2.20. The molecule has 0 saturated heterocycles. The van der Waals surface area contributed by atoms with Crippen LogP contribution in [0.2, 0.25) is 0 Å². The van der Waals surface area contributed by atoms with E-state index >= 15 is 0 Å². The van der Waals surface area contributed by atoms with Crippen LogP contribution in [0, 0.1) is 0 Å². The zero-order valence-electron chi connectivity index (χ0n) is 54.7. The first-order valence-corrected chi connectivity index (χ1v) is 35.6. The second-order valence-electron chi connectivity index (χ2n) is 24.1. The molecule has 88 heavy (non-hydrogen) atoms. The Labute approximate surface area is 532 Å². The van der Waals surface area contributed by atoms with Crippen molar-refractivity contribution in [2.45, 2.75) is 346 Å². The van der Waals surface area contributed by atoms with Crippen LogP contribution in [-0.4, -0.2) is 122 Å². The summed E-state index contributed by atoms with van der Waals surface area (Å²) in [4.78, 5) is 129. The number of aliphatic carboxylic acids is 4. The van der Waals surface area contributed by atoms with Crippen molar-refractivity contribution in [3.63, 3.8) is 0 Å². The van der Waals surface area contributed by atoms with Gasteiger partial charge in [-0.25, -0.2) is 4.79 Å². The SMILES string of the molecule is CCCCCCCCCCCCCCCC(=O)OC[C@H](CSCCC(=O)N[C@@](CCC(=O)O)(NC(=O)CCCCCCCCCCCCC)C(=O)NC(CCC(=O)O)C(=O)NC(CCC(=O)O)C(=O)O)OC(=O)CCCCCCCCCCCCCCC. The molecule has 0 heterocycles. The van der Waals surface area contributed by atoms with Crippen LogP contribution >= 0.6 is 11.8 Å². The molecular weight excluding hydrogens is 1150 g/mol. The van der Waals surface area contributed by atoms with E-state index < -0.39 is 122 Å². The Balaban J connectivity index is 6.20. The molecule has 0 spiro atoms. The van der Waals surface area contributed by atoms with E-state index in [1.807, 2.05) is 0 Å². The number of carbonyl (C=O) groups excluding carboxylic acids is 6. The molecule has 0 aromatic carbocycles. The minimum Gasteiger partial charge on any atom is -0.481 e. The number of carboxylic acid groups (broad SMARTS) is 4. The molecule has 0 radical (unpaired) electrons. The van der Waals surface area contributed by atoms with E-state index in [9.17, 15) is 63.3 Å². The smallest absolute Gasteiger partial charge is 0.326 e. The molecule has 21 heteroatoms. The number of unbranched alkanes of at least 4 members (excludes halogenated alkanes) is 34. The molecule has 20 nitrogen and oxygen atoms in total. The summed E-state index contributed by atoms with van der Waals surface area (Å²) in [6.45, 7) is 6.42. The van der Waals surface area contributed by atoms with Gasteiger partial charge < -0.3 is 51.2 Å². The Kier molecular flexibility index (Phi) is 54.0. The average molecular weight is 1270 g/mol. The first-order chi connectivity index (χ1) is 42.4. The Hall–Kier alpha value is -4.95. The van der Waals surface area contributed by atoms with Gasteiger partial charge in [0.05, 0.1) is 0 Å². The fourth-order valence-electron chi connectivity index (χ4n) is 10.4. The molecule has 4 atom stereocenters. The number of hydrogen-bond acceptors (Lipinski definition) is 13. The number of rotatable bonds is 64. The summed E-state index contributed by atoms with van der Waals surface area (Å²) >= 11 is 1.19. The van der Waals surface area contributed by atoms with Crippen molar-refractivity contribution in [3.8, 4) is 0 Å². The summed E-state index contributed by atoms with van der Waals surface area (Å²) in [6.07, 6.45) is 36.1. The zero-order chi connectivity index (χ0) is 65.3. The lowest BCUT2D eigenvalue weighted by atomic mass is 9.99. The van der Waals surface area contributed by atoms with Crippen LogP contribution in [0.15, 0.2) is 0 Å². The number of hydrogen-bond donors (Lipinski definition) is 8. The summed E-state index contributed by atoms with van der Waals surface area (Å²) in [7, 11) is 0. The molecule has 4 amide bonds. The lowest BCUT2D eigenvalue weighted by Gasteiger charge is -2.35. The second-order valence-corrected chi connectivity index (χ2v) is 25.2. The van der Waals surface area contributed by atoms with Gasteiger partial charge >= 0.3 is 35.8 Å². The molecule has 0 aliphatic rings. The third-order valence-electron chi connectivity index (χ3n) is 15.8. The Morgan fingerprint density at radius 1 is 0.398 bits per heavy atom. The van der Waals surface area contributed by atoms with E-state index in [1.54, 1.807) is 0 Å². The number of carbonyl (C=O) groups is 10. The van der Waals surface area contributed by atoms with E-state index in [0.717, 1.165) is 77.0 Å². The highest BCUT2D eigenvalue weighted by atomic mass is 32.2. The van der Waals surface area contributed by atoms with Crippen LogP contribution in [0.4, 0.5) is 0 Å². The monoisotopic (exact) mass is 1270 g/mol. The van der Waals surface area contributed by atoms with Crippen LogP contribution in [0.1, 0.15) is 323 Å². The number of esters is 2. The summed E-state index contributed by atoms with van der Waals surface area (Å²) in [5.41, 5.74) is -2.53. The van der Waals surface area contributed by atoms with E-state index in [1.165, 1.54) is 147 Å². The molecule has 0 aromatic rings. The minimum absolute atomic E-state index is 0.0471. The lowest BCUT2D eigenvalue weighted by Crippen LogP contribution is -2.70.